The molecule has 1 aliphatic heterocycles. The second-order valence-electron chi connectivity index (χ2n) is 6.06. The number of carbonyl (C=O) groups is 1. The summed E-state index contributed by atoms with van der Waals surface area (Å²) in [4.78, 5) is 25.2. The molecule has 1 fully saturated rings. The molecule has 26 heavy (non-hydrogen) atoms. The number of hydrogen-bond donors (Lipinski definition) is 1. The van der Waals surface area contributed by atoms with Gasteiger partial charge in [0, 0.05) is 18.4 Å². The number of aromatic nitrogens is 1. The number of hydrogen-bond acceptors (Lipinski definition) is 6. The molecule has 1 N–H and O–H groups in total. The molecule has 1 atom stereocenters. The van der Waals surface area contributed by atoms with Gasteiger partial charge < -0.3 is 19.1 Å². The first kappa shape index (κ1) is 17.7. The van der Waals surface area contributed by atoms with Crippen LogP contribution >= 0.6 is 0 Å². The van der Waals surface area contributed by atoms with E-state index in [9.17, 15) is 20.0 Å². The normalized spacial score (nSPS) is 16.2. The van der Waals surface area contributed by atoms with Gasteiger partial charge in [0.15, 0.2) is 5.78 Å². The summed E-state index contributed by atoms with van der Waals surface area (Å²) in [6.45, 7) is 0.916. The largest absolute Gasteiger partial charge is 0.507 e. The van der Waals surface area contributed by atoms with E-state index in [1.807, 2.05) is 6.07 Å². The van der Waals surface area contributed by atoms with Gasteiger partial charge in [-0.3, -0.25) is 9.59 Å². The number of rotatable bonds is 5. The Kier molecular flexibility index (Phi) is 5.05. The number of benzene rings is 1. The molecule has 134 valence electrons. The summed E-state index contributed by atoms with van der Waals surface area (Å²) in [7, 11) is 1.45. The first-order chi connectivity index (χ1) is 12.5. The standard InChI is InChI=1S/C19H18N2O5/c1-25-14-4-5-17(22)16(8-14)18(23)13-7-12(9-20)19(24)21(10-13)11-15-3-2-6-26-15/h4-5,7-8,10,15,22H,2-3,6,11H2,1H3/t15-/m0/s1. The molecule has 1 saturated heterocycles. The van der Waals surface area contributed by atoms with Crippen LogP contribution in [0.15, 0.2) is 35.3 Å². The highest BCUT2D eigenvalue weighted by molar-refractivity contribution is 6.10. The van der Waals surface area contributed by atoms with E-state index in [0.29, 0.717) is 12.4 Å². The third-order valence-electron chi connectivity index (χ3n) is 4.34. The monoisotopic (exact) mass is 354 g/mol. The van der Waals surface area contributed by atoms with Crippen molar-refractivity contribution < 1.29 is 19.4 Å². The van der Waals surface area contributed by atoms with Crippen LogP contribution in [-0.4, -0.2) is 35.3 Å². The van der Waals surface area contributed by atoms with E-state index in [2.05, 4.69) is 0 Å². The molecule has 1 aliphatic rings. The van der Waals surface area contributed by atoms with Crippen molar-refractivity contribution >= 4 is 5.78 Å². The van der Waals surface area contributed by atoms with Crippen LogP contribution in [-0.2, 0) is 11.3 Å². The lowest BCUT2D eigenvalue weighted by molar-refractivity contribution is 0.0955. The molecule has 0 amide bonds. The van der Waals surface area contributed by atoms with Crippen LogP contribution in [0.25, 0.3) is 0 Å². The molecule has 0 bridgehead atoms. The fourth-order valence-electron chi connectivity index (χ4n) is 2.96. The van der Waals surface area contributed by atoms with Gasteiger partial charge in [-0.15, -0.1) is 0 Å². The third-order valence-corrected chi connectivity index (χ3v) is 4.34. The van der Waals surface area contributed by atoms with Crippen LogP contribution in [0.5, 0.6) is 11.5 Å². The Balaban J connectivity index is 2.03. The summed E-state index contributed by atoms with van der Waals surface area (Å²) in [5.41, 5.74) is -0.413. The smallest absolute Gasteiger partial charge is 0.268 e. The van der Waals surface area contributed by atoms with Gasteiger partial charge in [0.2, 0.25) is 0 Å². The number of nitriles is 1. The van der Waals surface area contributed by atoms with Gasteiger partial charge in [-0.25, -0.2) is 0 Å². The maximum atomic E-state index is 12.8. The van der Waals surface area contributed by atoms with Crippen LogP contribution < -0.4 is 10.3 Å². The average Bonchev–Trinajstić information content (AvgIpc) is 3.16. The summed E-state index contributed by atoms with van der Waals surface area (Å²) in [5.74, 6) is -0.287. The van der Waals surface area contributed by atoms with Crippen molar-refractivity contribution in [1.29, 1.82) is 5.26 Å². The zero-order chi connectivity index (χ0) is 18.7. The van der Waals surface area contributed by atoms with Crippen molar-refractivity contribution in [3.05, 3.63) is 57.5 Å². The molecule has 0 saturated carbocycles. The Morgan fingerprint density at radius 1 is 1.46 bits per heavy atom. The van der Waals surface area contributed by atoms with Crippen LogP contribution in [0.1, 0.15) is 34.3 Å². The fourth-order valence-corrected chi connectivity index (χ4v) is 2.96. The van der Waals surface area contributed by atoms with Crippen molar-refractivity contribution in [1.82, 2.24) is 4.57 Å². The number of ether oxygens (including phenoxy) is 2. The minimum absolute atomic E-state index is 0.0376. The van der Waals surface area contributed by atoms with Gasteiger partial charge in [0.25, 0.3) is 5.56 Å². The molecule has 1 aromatic heterocycles. The molecular weight excluding hydrogens is 336 g/mol. The molecule has 1 aromatic carbocycles. The zero-order valence-electron chi connectivity index (χ0n) is 14.3. The molecule has 0 spiro atoms. The number of nitrogens with zero attached hydrogens (tertiary/aromatic N) is 2. The van der Waals surface area contributed by atoms with Crippen molar-refractivity contribution in [3.8, 4) is 17.6 Å². The van der Waals surface area contributed by atoms with Crippen molar-refractivity contribution in [2.24, 2.45) is 0 Å². The summed E-state index contributed by atoms with van der Waals surface area (Å²) in [6, 6.07) is 7.39. The topological polar surface area (TPSA) is 102 Å². The summed E-state index contributed by atoms with van der Waals surface area (Å²) < 4.78 is 12.0. The minimum atomic E-state index is -0.501. The molecule has 0 aliphatic carbocycles. The van der Waals surface area contributed by atoms with Crippen molar-refractivity contribution in [3.63, 3.8) is 0 Å². The first-order valence-electron chi connectivity index (χ1n) is 8.21. The molecule has 0 radical (unpaired) electrons. The van der Waals surface area contributed by atoms with E-state index < -0.39 is 11.3 Å². The predicted molar refractivity (Wildman–Crippen MR) is 92.5 cm³/mol. The highest BCUT2D eigenvalue weighted by Gasteiger charge is 2.21. The second-order valence-corrected chi connectivity index (χ2v) is 6.06. The summed E-state index contributed by atoms with van der Waals surface area (Å²) >= 11 is 0. The number of methoxy groups -OCH3 is 1. The lowest BCUT2D eigenvalue weighted by Crippen LogP contribution is -2.28. The second kappa shape index (κ2) is 7.42. The van der Waals surface area contributed by atoms with Gasteiger partial charge in [0.1, 0.15) is 23.1 Å². The SMILES string of the molecule is COc1ccc(O)c(C(=O)c2cc(C#N)c(=O)n(C[C@@H]3CCCO3)c2)c1. The molecule has 3 rings (SSSR count). The van der Waals surface area contributed by atoms with Crippen molar-refractivity contribution in [2.45, 2.75) is 25.5 Å². The zero-order valence-corrected chi connectivity index (χ0v) is 14.3. The maximum Gasteiger partial charge on any atom is 0.268 e. The van der Waals surface area contributed by atoms with Gasteiger partial charge in [-0.1, -0.05) is 0 Å². The van der Waals surface area contributed by atoms with E-state index in [-0.39, 0.29) is 35.1 Å². The average molecular weight is 354 g/mol. The Hall–Kier alpha value is -3.11. The highest BCUT2D eigenvalue weighted by Crippen LogP contribution is 2.25. The van der Waals surface area contributed by atoms with Gasteiger partial charge in [-0.2, -0.15) is 5.26 Å². The molecule has 7 nitrogen and oxygen atoms in total. The van der Waals surface area contributed by atoms with E-state index >= 15 is 0 Å². The number of carbonyl (C=O) groups excluding carboxylic acids is 1. The summed E-state index contributed by atoms with van der Waals surface area (Å²) in [6.07, 6.45) is 3.03. The highest BCUT2D eigenvalue weighted by atomic mass is 16.5. The number of phenolic OH excluding ortho intramolecular Hbond substituents is 1. The van der Waals surface area contributed by atoms with Crippen LogP contribution in [0.4, 0.5) is 0 Å². The molecular formula is C19H18N2O5. The predicted octanol–water partition coefficient (Wildman–Crippen LogP) is 1.84. The lowest BCUT2D eigenvalue weighted by atomic mass is 10.0. The number of phenols is 1. The van der Waals surface area contributed by atoms with E-state index in [1.54, 1.807) is 0 Å². The van der Waals surface area contributed by atoms with Gasteiger partial charge in [0.05, 0.1) is 25.3 Å². The van der Waals surface area contributed by atoms with Gasteiger partial charge >= 0.3 is 0 Å². The van der Waals surface area contributed by atoms with Crippen LogP contribution in [0.2, 0.25) is 0 Å². The minimum Gasteiger partial charge on any atom is -0.507 e. The Morgan fingerprint density at radius 3 is 2.92 bits per heavy atom. The Bertz CT molecular complexity index is 936. The quantitative estimate of drug-likeness (QED) is 0.822. The molecule has 7 heteroatoms. The van der Waals surface area contributed by atoms with Crippen LogP contribution in [0.3, 0.4) is 0 Å². The molecule has 2 heterocycles. The number of aromatic hydroxyl groups is 1. The van der Waals surface area contributed by atoms with E-state index in [0.717, 1.165) is 12.8 Å². The maximum absolute atomic E-state index is 12.8. The first-order valence-corrected chi connectivity index (χ1v) is 8.21. The van der Waals surface area contributed by atoms with Crippen LogP contribution in [0, 0.1) is 11.3 Å². The van der Waals surface area contributed by atoms with Crippen molar-refractivity contribution in [2.75, 3.05) is 13.7 Å². The third kappa shape index (κ3) is 3.46. The Labute approximate surface area is 150 Å². The summed E-state index contributed by atoms with van der Waals surface area (Å²) in [5, 5.41) is 19.3. The fraction of sp³-hybridized carbons (Fsp3) is 0.316. The lowest BCUT2D eigenvalue weighted by Gasteiger charge is -2.14. The number of pyridine rings is 1. The van der Waals surface area contributed by atoms with E-state index in [4.69, 9.17) is 9.47 Å². The molecule has 2 aromatic rings. The molecule has 0 unspecified atom stereocenters. The van der Waals surface area contributed by atoms with Gasteiger partial charge in [-0.05, 0) is 37.1 Å². The van der Waals surface area contributed by atoms with E-state index in [1.165, 1.54) is 42.1 Å². The Morgan fingerprint density at radius 2 is 2.27 bits per heavy atom. The number of ketones is 1.